The van der Waals surface area contributed by atoms with Crippen LogP contribution in [0.2, 0.25) is 0 Å². The molecule has 0 spiro atoms. The van der Waals surface area contributed by atoms with Crippen LogP contribution in [0.5, 0.6) is 0 Å². The van der Waals surface area contributed by atoms with Crippen LogP contribution in [0, 0.1) is 0 Å². The molecule has 0 atom stereocenters. The molecule has 0 aromatic heterocycles. The van der Waals surface area contributed by atoms with Crippen LogP contribution >= 0.6 is 0 Å². The predicted molar refractivity (Wildman–Crippen MR) is 6.44 cm³/mol. The van der Waals surface area contributed by atoms with Gasteiger partial charge in [-0.05, 0) is 0 Å². The van der Waals surface area contributed by atoms with Gasteiger partial charge in [0, 0.05) is 0 Å². The fourth-order valence-corrected chi connectivity index (χ4v) is 0. The van der Waals surface area contributed by atoms with Crippen molar-refractivity contribution >= 4 is 20.6 Å². The molecule has 0 aromatic carbocycles. The van der Waals surface area contributed by atoms with Gasteiger partial charge in [-0.1, -0.05) is 0 Å². The van der Waals surface area contributed by atoms with Crippen molar-refractivity contribution in [1.29, 1.82) is 0 Å². The Hall–Kier alpha value is 1.44. The standard InChI is InChI=1S/Cd.3O.Sn/q+2;;2*-1;. The molecule has 5 heteroatoms. The van der Waals surface area contributed by atoms with Crippen LogP contribution in [0.4, 0.5) is 0 Å². The van der Waals surface area contributed by atoms with Crippen molar-refractivity contribution in [1.82, 2.24) is 0 Å². The number of rotatable bonds is 0. The predicted octanol–water partition coefficient (Wildman–Crippen LogP) is -2.88. The minimum atomic E-state index is -4.29. The second-order valence-corrected chi connectivity index (χ2v) is 1.68. The molecule has 0 heterocycles. The molecule has 0 radical (unpaired) electrons. The van der Waals surface area contributed by atoms with Gasteiger partial charge in [0.15, 0.2) is 0 Å². The van der Waals surface area contributed by atoms with Crippen LogP contribution in [-0.2, 0) is 30.4 Å². The molecule has 0 saturated carbocycles. The molecule has 5 heavy (non-hydrogen) atoms. The van der Waals surface area contributed by atoms with Crippen molar-refractivity contribution in [3.8, 4) is 0 Å². The summed E-state index contributed by atoms with van der Waals surface area (Å²) in [6.45, 7) is 0. The molecule has 0 rings (SSSR count). The molecule has 0 aromatic rings. The van der Waals surface area contributed by atoms with E-state index in [-0.39, 0.29) is 27.3 Å². The topological polar surface area (TPSA) is 63.2 Å². The summed E-state index contributed by atoms with van der Waals surface area (Å²) in [6.07, 6.45) is 0. The first-order valence-electron chi connectivity index (χ1n) is 0.612. The second kappa shape index (κ2) is 5.44. The van der Waals surface area contributed by atoms with E-state index in [2.05, 4.69) is 0 Å². The van der Waals surface area contributed by atoms with E-state index in [1.165, 1.54) is 0 Å². The Balaban J connectivity index is 0. The van der Waals surface area contributed by atoms with Gasteiger partial charge in [0.05, 0.1) is 0 Å². The van der Waals surface area contributed by atoms with Crippen molar-refractivity contribution in [2.45, 2.75) is 0 Å². The quantitative estimate of drug-likeness (QED) is 0.447. The van der Waals surface area contributed by atoms with Gasteiger partial charge in [0.25, 0.3) is 0 Å². The van der Waals surface area contributed by atoms with Gasteiger partial charge in [-0.3, -0.25) is 0 Å². The zero-order chi connectivity index (χ0) is 3.58. The molecule has 24 valence electrons. The molecular formula is CdO3Sn. The summed E-state index contributed by atoms with van der Waals surface area (Å²) in [5.41, 5.74) is 0. The summed E-state index contributed by atoms with van der Waals surface area (Å²) in [6, 6.07) is 0. The van der Waals surface area contributed by atoms with Gasteiger partial charge >= 0.3 is 57.8 Å². The molecule has 0 unspecified atom stereocenters. The van der Waals surface area contributed by atoms with Gasteiger partial charge in [-0.15, -0.1) is 0 Å². The van der Waals surface area contributed by atoms with E-state index >= 15 is 0 Å². The van der Waals surface area contributed by atoms with Crippen molar-refractivity contribution in [3.63, 3.8) is 0 Å². The molecule has 0 aliphatic carbocycles. The zero-order valence-electron chi connectivity index (χ0n) is 2.43. The molecule has 0 aliphatic rings. The van der Waals surface area contributed by atoms with Crippen LogP contribution in [0.15, 0.2) is 0 Å². The van der Waals surface area contributed by atoms with Gasteiger partial charge in [-0.25, -0.2) is 0 Å². The van der Waals surface area contributed by atoms with Crippen LogP contribution in [-0.4, -0.2) is 20.6 Å². The first-order valence-corrected chi connectivity index (χ1v) is 4.11. The molecular weight excluding hydrogens is 279 g/mol. The van der Waals surface area contributed by atoms with Crippen molar-refractivity contribution in [2.75, 3.05) is 0 Å². The average molecular weight is 279 g/mol. The Kier molecular flexibility index (Phi) is 10.5. The third-order valence-corrected chi connectivity index (χ3v) is 0. The Morgan fingerprint density at radius 2 is 1.40 bits per heavy atom. The van der Waals surface area contributed by atoms with Crippen molar-refractivity contribution in [2.24, 2.45) is 0 Å². The monoisotopic (exact) mass is 282 g/mol. The van der Waals surface area contributed by atoms with E-state index in [4.69, 9.17) is 9.96 Å². The molecule has 0 aliphatic heterocycles. The van der Waals surface area contributed by atoms with Crippen LogP contribution in [0.25, 0.3) is 0 Å². The summed E-state index contributed by atoms with van der Waals surface area (Å²) in [5, 5.41) is 0. The first-order chi connectivity index (χ1) is 1.73. The Morgan fingerprint density at radius 3 is 1.40 bits per heavy atom. The number of hydrogen-bond acceptors (Lipinski definition) is 3. The number of hydrogen-bond donors (Lipinski definition) is 0. The van der Waals surface area contributed by atoms with E-state index in [1.54, 1.807) is 0 Å². The van der Waals surface area contributed by atoms with Crippen LogP contribution < -0.4 is 6.89 Å². The van der Waals surface area contributed by atoms with E-state index in [1.807, 2.05) is 0 Å². The maximum absolute atomic E-state index is 8.61. The summed E-state index contributed by atoms with van der Waals surface area (Å²) >= 11 is -4.29. The van der Waals surface area contributed by atoms with Crippen LogP contribution in [0.1, 0.15) is 0 Å². The third-order valence-electron chi connectivity index (χ3n) is 0. The summed E-state index contributed by atoms with van der Waals surface area (Å²) < 4.78 is 25.8. The summed E-state index contributed by atoms with van der Waals surface area (Å²) in [4.78, 5) is 0. The first kappa shape index (κ1) is 9.67. The third kappa shape index (κ3) is 31.0. The molecule has 0 bridgehead atoms. The van der Waals surface area contributed by atoms with Crippen molar-refractivity contribution < 1.29 is 37.3 Å². The summed E-state index contributed by atoms with van der Waals surface area (Å²) in [7, 11) is 0. The molecule has 0 N–H and O–H groups in total. The van der Waals surface area contributed by atoms with E-state index in [0.717, 1.165) is 0 Å². The van der Waals surface area contributed by atoms with E-state index in [0.29, 0.717) is 0 Å². The Morgan fingerprint density at radius 1 is 1.40 bits per heavy atom. The molecule has 0 amide bonds. The summed E-state index contributed by atoms with van der Waals surface area (Å²) in [5.74, 6) is 0. The van der Waals surface area contributed by atoms with Gasteiger partial charge < -0.3 is 0 Å². The van der Waals surface area contributed by atoms with E-state index in [9.17, 15) is 0 Å². The molecule has 0 saturated heterocycles. The SMILES string of the molecule is [Cd+2].[O]=[Sn]([O-])[O-]. The van der Waals surface area contributed by atoms with Gasteiger partial charge in [0.2, 0.25) is 0 Å². The van der Waals surface area contributed by atoms with E-state index < -0.39 is 20.6 Å². The maximum atomic E-state index is 8.61. The van der Waals surface area contributed by atoms with Gasteiger partial charge in [-0.2, -0.15) is 0 Å². The Labute approximate surface area is 57.4 Å². The van der Waals surface area contributed by atoms with Crippen LogP contribution in [0.3, 0.4) is 0 Å². The van der Waals surface area contributed by atoms with Gasteiger partial charge in [0.1, 0.15) is 0 Å². The fourth-order valence-electron chi connectivity index (χ4n) is 0. The molecule has 3 nitrogen and oxygen atoms in total. The minimum absolute atomic E-state index is 0. The second-order valence-electron chi connectivity index (χ2n) is 0.250. The zero-order valence-corrected chi connectivity index (χ0v) is 9.32. The molecule has 0 fully saturated rings. The normalized spacial score (nSPS) is 5.20. The average Bonchev–Trinajstić information content (AvgIpc) is 0.811. The Bertz CT molecular complexity index is 29.9. The fraction of sp³-hybridized carbons (Fsp3) is 0. The van der Waals surface area contributed by atoms with Crippen molar-refractivity contribution in [3.05, 3.63) is 0 Å².